The molecule has 0 fully saturated rings. The van der Waals surface area contributed by atoms with Gasteiger partial charge in [-0.15, -0.1) is 0 Å². The molecule has 0 aliphatic rings. The summed E-state index contributed by atoms with van der Waals surface area (Å²) < 4.78 is 8.40. The lowest BCUT2D eigenvalue weighted by Crippen LogP contribution is -2.14. The van der Waals surface area contributed by atoms with Crippen LogP contribution in [0.2, 0.25) is 0 Å². The molecule has 1 amide bonds. The number of carbonyl (C=O) groups excluding carboxylic acids is 1. The summed E-state index contributed by atoms with van der Waals surface area (Å²) in [7, 11) is 0. The van der Waals surface area contributed by atoms with E-state index in [1.807, 2.05) is 48.5 Å². The first kappa shape index (κ1) is 11.8. The normalized spacial score (nSPS) is 10.5. The van der Waals surface area contributed by atoms with Crippen LogP contribution in [0.25, 0.3) is 11.0 Å². The van der Waals surface area contributed by atoms with Crippen molar-refractivity contribution >= 4 is 34.4 Å². The van der Waals surface area contributed by atoms with Gasteiger partial charge in [0.25, 0.3) is 0 Å². The van der Waals surface area contributed by atoms with Gasteiger partial charge in [0.1, 0.15) is 11.0 Å². The van der Waals surface area contributed by atoms with E-state index in [2.05, 4.69) is 14.1 Å². The first-order chi connectivity index (χ1) is 9.33. The van der Waals surface area contributed by atoms with Crippen LogP contribution in [0, 0.1) is 0 Å². The summed E-state index contributed by atoms with van der Waals surface area (Å²) in [6.45, 7) is 0. The Balaban J connectivity index is 1.78. The van der Waals surface area contributed by atoms with Gasteiger partial charge in [-0.05, 0) is 23.8 Å². The number of para-hydroxylation sites is 1. The minimum absolute atomic E-state index is 0.0494. The van der Waals surface area contributed by atoms with Crippen LogP contribution in [-0.2, 0) is 11.2 Å². The van der Waals surface area contributed by atoms with Gasteiger partial charge in [-0.3, -0.25) is 4.79 Å². The highest BCUT2D eigenvalue weighted by Crippen LogP contribution is 2.17. The van der Waals surface area contributed by atoms with Crippen LogP contribution in [0.15, 0.2) is 48.5 Å². The van der Waals surface area contributed by atoms with Crippen molar-refractivity contribution in [1.82, 2.24) is 8.75 Å². The fraction of sp³-hybridized carbons (Fsp3) is 0.0714. The van der Waals surface area contributed by atoms with Crippen molar-refractivity contribution < 1.29 is 4.79 Å². The van der Waals surface area contributed by atoms with E-state index in [1.165, 1.54) is 11.7 Å². The fourth-order valence-corrected chi connectivity index (χ4v) is 2.47. The number of benzene rings is 2. The van der Waals surface area contributed by atoms with Gasteiger partial charge < -0.3 is 5.32 Å². The van der Waals surface area contributed by atoms with E-state index in [4.69, 9.17) is 0 Å². The minimum atomic E-state index is -0.0494. The summed E-state index contributed by atoms with van der Waals surface area (Å²) in [5.74, 6) is -0.0494. The summed E-state index contributed by atoms with van der Waals surface area (Å²) in [5, 5.41) is 2.86. The maximum absolute atomic E-state index is 12.0. The molecular weight excluding hydrogens is 258 g/mol. The molecule has 0 aliphatic carbocycles. The number of anilines is 1. The monoisotopic (exact) mass is 269 g/mol. The number of fused-ring (bicyclic) bond motifs is 1. The van der Waals surface area contributed by atoms with Crippen LogP contribution in [-0.4, -0.2) is 14.7 Å². The standard InChI is InChI=1S/C14H11N3OS/c18-13(15-11-6-2-1-3-7-11)9-10-5-4-8-12-14(10)17-19-16-12/h1-8H,9H2,(H,15,18). The van der Waals surface area contributed by atoms with E-state index < -0.39 is 0 Å². The number of hydrogen-bond donors (Lipinski definition) is 1. The average molecular weight is 269 g/mol. The smallest absolute Gasteiger partial charge is 0.228 e. The molecule has 0 spiro atoms. The van der Waals surface area contributed by atoms with Crippen LogP contribution >= 0.6 is 11.7 Å². The molecular formula is C14H11N3OS. The molecule has 5 heteroatoms. The molecule has 0 saturated carbocycles. The Labute approximate surface area is 114 Å². The lowest BCUT2D eigenvalue weighted by Gasteiger charge is -2.05. The van der Waals surface area contributed by atoms with Crippen molar-refractivity contribution in [3.05, 3.63) is 54.1 Å². The molecule has 0 aliphatic heterocycles. The predicted molar refractivity (Wildman–Crippen MR) is 76.2 cm³/mol. The summed E-state index contributed by atoms with van der Waals surface area (Å²) in [6.07, 6.45) is 0.303. The van der Waals surface area contributed by atoms with Crippen molar-refractivity contribution in [2.45, 2.75) is 6.42 Å². The highest BCUT2D eigenvalue weighted by Gasteiger charge is 2.09. The van der Waals surface area contributed by atoms with Crippen molar-refractivity contribution in [3.63, 3.8) is 0 Å². The Bertz CT molecular complexity index is 709. The highest BCUT2D eigenvalue weighted by atomic mass is 32.1. The lowest BCUT2D eigenvalue weighted by atomic mass is 10.1. The second kappa shape index (κ2) is 5.16. The summed E-state index contributed by atoms with van der Waals surface area (Å²) in [4.78, 5) is 12.0. The first-order valence-electron chi connectivity index (χ1n) is 5.88. The Kier molecular flexibility index (Phi) is 3.20. The van der Waals surface area contributed by atoms with E-state index in [0.717, 1.165) is 22.3 Å². The Morgan fingerprint density at radius 2 is 1.89 bits per heavy atom. The topological polar surface area (TPSA) is 54.9 Å². The molecule has 3 rings (SSSR count). The zero-order valence-corrected chi connectivity index (χ0v) is 10.9. The summed E-state index contributed by atoms with van der Waals surface area (Å²) in [6, 6.07) is 15.1. The third-order valence-electron chi connectivity index (χ3n) is 2.78. The first-order valence-corrected chi connectivity index (χ1v) is 6.61. The van der Waals surface area contributed by atoms with E-state index >= 15 is 0 Å². The molecule has 1 N–H and O–H groups in total. The van der Waals surface area contributed by atoms with E-state index in [1.54, 1.807) is 0 Å². The van der Waals surface area contributed by atoms with Crippen molar-refractivity contribution in [2.75, 3.05) is 5.32 Å². The number of carbonyl (C=O) groups is 1. The Morgan fingerprint density at radius 1 is 1.05 bits per heavy atom. The number of amides is 1. The van der Waals surface area contributed by atoms with Gasteiger partial charge in [-0.2, -0.15) is 8.75 Å². The van der Waals surface area contributed by atoms with Gasteiger partial charge in [-0.1, -0.05) is 30.3 Å². The van der Waals surface area contributed by atoms with Crippen molar-refractivity contribution in [2.24, 2.45) is 0 Å². The molecule has 2 aromatic carbocycles. The average Bonchev–Trinajstić information content (AvgIpc) is 2.89. The van der Waals surface area contributed by atoms with Gasteiger partial charge in [0.2, 0.25) is 5.91 Å². The van der Waals surface area contributed by atoms with Crippen LogP contribution < -0.4 is 5.32 Å². The maximum Gasteiger partial charge on any atom is 0.228 e. The molecule has 1 aromatic heterocycles. The van der Waals surface area contributed by atoms with Gasteiger partial charge >= 0.3 is 0 Å². The molecule has 0 atom stereocenters. The molecule has 0 saturated heterocycles. The summed E-state index contributed by atoms with van der Waals surface area (Å²) in [5.41, 5.74) is 3.36. The Morgan fingerprint density at radius 3 is 2.74 bits per heavy atom. The molecule has 4 nitrogen and oxygen atoms in total. The van der Waals surface area contributed by atoms with Crippen LogP contribution in [0.1, 0.15) is 5.56 Å². The molecule has 0 unspecified atom stereocenters. The zero-order valence-electron chi connectivity index (χ0n) is 10.0. The number of rotatable bonds is 3. The van der Waals surface area contributed by atoms with E-state index in [9.17, 15) is 4.79 Å². The summed E-state index contributed by atoms with van der Waals surface area (Å²) >= 11 is 1.17. The molecule has 1 heterocycles. The van der Waals surface area contributed by atoms with Crippen molar-refractivity contribution in [1.29, 1.82) is 0 Å². The van der Waals surface area contributed by atoms with Crippen LogP contribution in [0.3, 0.4) is 0 Å². The molecule has 0 bridgehead atoms. The zero-order chi connectivity index (χ0) is 13.1. The quantitative estimate of drug-likeness (QED) is 0.795. The van der Waals surface area contributed by atoms with Gasteiger partial charge in [0.05, 0.1) is 18.1 Å². The van der Waals surface area contributed by atoms with Crippen LogP contribution in [0.5, 0.6) is 0 Å². The minimum Gasteiger partial charge on any atom is -0.326 e. The van der Waals surface area contributed by atoms with E-state index in [0.29, 0.717) is 6.42 Å². The number of aromatic nitrogens is 2. The second-order valence-corrected chi connectivity index (χ2v) is 4.67. The molecule has 94 valence electrons. The number of nitrogens with one attached hydrogen (secondary N) is 1. The molecule has 3 aromatic rings. The maximum atomic E-state index is 12.0. The predicted octanol–water partition coefficient (Wildman–Crippen LogP) is 2.87. The van der Waals surface area contributed by atoms with Gasteiger partial charge in [0, 0.05) is 5.69 Å². The van der Waals surface area contributed by atoms with Gasteiger partial charge in [0.15, 0.2) is 0 Å². The Hall–Kier alpha value is -2.27. The third-order valence-corrected chi connectivity index (χ3v) is 3.32. The fourth-order valence-electron chi connectivity index (χ4n) is 1.90. The largest absolute Gasteiger partial charge is 0.326 e. The van der Waals surface area contributed by atoms with Crippen LogP contribution in [0.4, 0.5) is 5.69 Å². The number of hydrogen-bond acceptors (Lipinski definition) is 4. The molecule has 19 heavy (non-hydrogen) atoms. The SMILES string of the molecule is O=C(Cc1cccc2nsnc12)Nc1ccccc1. The molecule has 0 radical (unpaired) electrons. The van der Waals surface area contributed by atoms with Crippen molar-refractivity contribution in [3.8, 4) is 0 Å². The van der Waals surface area contributed by atoms with Gasteiger partial charge in [-0.25, -0.2) is 0 Å². The third kappa shape index (κ3) is 2.61. The van der Waals surface area contributed by atoms with E-state index in [-0.39, 0.29) is 5.91 Å². The highest BCUT2D eigenvalue weighted by molar-refractivity contribution is 7.00. The number of nitrogens with zero attached hydrogens (tertiary/aromatic N) is 2. The lowest BCUT2D eigenvalue weighted by molar-refractivity contribution is -0.115. The second-order valence-electron chi connectivity index (χ2n) is 4.14.